The Bertz CT molecular complexity index is 849. The van der Waals surface area contributed by atoms with Crippen molar-refractivity contribution in [2.45, 2.75) is 17.7 Å². The molecule has 122 valence electrons. The van der Waals surface area contributed by atoms with Crippen LogP contribution in [-0.2, 0) is 5.75 Å². The lowest BCUT2D eigenvalue weighted by Gasteiger charge is -2.08. The van der Waals surface area contributed by atoms with E-state index in [0.717, 1.165) is 11.5 Å². The van der Waals surface area contributed by atoms with Crippen molar-refractivity contribution in [2.24, 2.45) is 0 Å². The van der Waals surface area contributed by atoms with Crippen LogP contribution in [-0.4, -0.2) is 16.0 Å². The van der Waals surface area contributed by atoms with Crippen molar-refractivity contribution >= 4 is 35.0 Å². The van der Waals surface area contributed by atoms with E-state index in [0.29, 0.717) is 27.1 Å². The number of pyridine rings is 1. The fourth-order valence-electron chi connectivity index (χ4n) is 2.04. The van der Waals surface area contributed by atoms with E-state index < -0.39 is 0 Å². The minimum atomic E-state index is -0.218. The van der Waals surface area contributed by atoms with Gasteiger partial charge in [0.1, 0.15) is 10.8 Å². The van der Waals surface area contributed by atoms with Gasteiger partial charge in [0.2, 0.25) is 0 Å². The second kappa shape index (κ2) is 7.51. The third-order valence-corrected chi connectivity index (χ3v) is 4.44. The standard InChI is InChI=1S/C17H14ClN3O2S/c1-11-9-14(21-23-11)10-24-17-15(3-2-8-19-17)16(22)20-13-6-4-12(18)5-7-13/h2-9H,10H2,1H3,(H,20,22). The molecule has 0 radical (unpaired) electrons. The van der Waals surface area contributed by atoms with Crippen LogP contribution in [0.25, 0.3) is 0 Å². The van der Waals surface area contributed by atoms with E-state index in [-0.39, 0.29) is 5.91 Å². The first-order valence-corrected chi connectivity index (χ1v) is 8.55. The summed E-state index contributed by atoms with van der Waals surface area (Å²) in [5.41, 5.74) is 2.00. The Labute approximate surface area is 148 Å². The average Bonchev–Trinajstić information content (AvgIpc) is 3.01. The molecule has 0 saturated heterocycles. The molecular formula is C17H14ClN3O2S. The molecule has 1 amide bonds. The van der Waals surface area contributed by atoms with Crippen molar-refractivity contribution in [3.8, 4) is 0 Å². The van der Waals surface area contributed by atoms with Gasteiger partial charge in [0.05, 0.1) is 11.3 Å². The lowest BCUT2D eigenvalue weighted by molar-refractivity contribution is 0.102. The number of amides is 1. The average molecular weight is 360 g/mol. The van der Waals surface area contributed by atoms with Crippen molar-refractivity contribution in [1.29, 1.82) is 0 Å². The van der Waals surface area contributed by atoms with Gasteiger partial charge in [-0.15, -0.1) is 0 Å². The highest BCUT2D eigenvalue weighted by atomic mass is 35.5. The van der Waals surface area contributed by atoms with E-state index >= 15 is 0 Å². The van der Waals surface area contributed by atoms with Gasteiger partial charge in [-0.1, -0.05) is 28.5 Å². The van der Waals surface area contributed by atoms with Crippen LogP contribution in [0.4, 0.5) is 5.69 Å². The summed E-state index contributed by atoms with van der Waals surface area (Å²) in [5, 5.41) is 8.05. The quantitative estimate of drug-likeness (QED) is 0.675. The van der Waals surface area contributed by atoms with Gasteiger partial charge in [-0.2, -0.15) is 0 Å². The van der Waals surface area contributed by atoms with E-state index in [1.165, 1.54) is 11.8 Å². The number of hydrogen-bond acceptors (Lipinski definition) is 5. The normalized spacial score (nSPS) is 10.6. The topological polar surface area (TPSA) is 68.0 Å². The number of anilines is 1. The van der Waals surface area contributed by atoms with E-state index in [9.17, 15) is 4.79 Å². The second-order valence-corrected chi connectivity index (χ2v) is 6.44. The maximum Gasteiger partial charge on any atom is 0.258 e. The van der Waals surface area contributed by atoms with Crippen LogP contribution in [0.3, 0.4) is 0 Å². The monoisotopic (exact) mass is 359 g/mol. The molecular weight excluding hydrogens is 346 g/mol. The van der Waals surface area contributed by atoms with E-state index in [2.05, 4.69) is 15.5 Å². The van der Waals surface area contributed by atoms with Gasteiger partial charge >= 0.3 is 0 Å². The third kappa shape index (κ3) is 4.15. The molecule has 0 aliphatic heterocycles. The smallest absolute Gasteiger partial charge is 0.258 e. The molecule has 7 heteroatoms. The lowest BCUT2D eigenvalue weighted by atomic mass is 10.2. The van der Waals surface area contributed by atoms with E-state index in [4.69, 9.17) is 16.1 Å². The summed E-state index contributed by atoms with van der Waals surface area (Å²) in [5.74, 6) is 1.12. The van der Waals surface area contributed by atoms with Crippen molar-refractivity contribution in [1.82, 2.24) is 10.1 Å². The summed E-state index contributed by atoms with van der Waals surface area (Å²) < 4.78 is 5.05. The number of benzene rings is 1. The highest BCUT2D eigenvalue weighted by Gasteiger charge is 2.14. The number of nitrogens with one attached hydrogen (secondary N) is 1. The predicted octanol–water partition coefficient (Wildman–Crippen LogP) is 4.58. The first-order valence-electron chi connectivity index (χ1n) is 7.19. The highest BCUT2D eigenvalue weighted by Crippen LogP contribution is 2.25. The molecule has 2 aromatic heterocycles. The molecule has 3 aromatic rings. The fourth-order valence-corrected chi connectivity index (χ4v) is 3.04. The minimum absolute atomic E-state index is 0.218. The van der Waals surface area contributed by atoms with Crippen LogP contribution in [0.1, 0.15) is 21.8 Å². The number of carbonyl (C=O) groups excluding carboxylic acids is 1. The molecule has 0 aliphatic rings. The molecule has 0 atom stereocenters. The number of halogens is 1. The molecule has 0 unspecified atom stereocenters. The van der Waals surface area contributed by atoms with Crippen LogP contribution < -0.4 is 5.32 Å². The summed E-state index contributed by atoms with van der Waals surface area (Å²) in [7, 11) is 0. The molecule has 0 aliphatic carbocycles. The first-order chi connectivity index (χ1) is 11.6. The lowest BCUT2D eigenvalue weighted by Crippen LogP contribution is -2.13. The Morgan fingerprint density at radius 3 is 2.79 bits per heavy atom. The Balaban J connectivity index is 1.72. The van der Waals surface area contributed by atoms with Crippen molar-refractivity contribution in [3.63, 3.8) is 0 Å². The highest BCUT2D eigenvalue weighted by molar-refractivity contribution is 7.98. The molecule has 24 heavy (non-hydrogen) atoms. The number of hydrogen-bond donors (Lipinski definition) is 1. The third-order valence-electron chi connectivity index (χ3n) is 3.15. The number of aromatic nitrogens is 2. The zero-order valence-corrected chi connectivity index (χ0v) is 14.4. The predicted molar refractivity (Wildman–Crippen MR) is 94.4 cm³/mol. The Morgan fingerprint density at radius 2 is 2.08 bits per heavy atom. The van der Waals surface area contributed by atoms with Crippen molar-refractivity contribution in [2.75, 3.05) is 5.32 Å². The molecule has 1 N–H and O–H groups in total. The van der Waals surface area contributed by atoms with Gasteiger partial charge < -0.3 is 9.84 Å². The number of thioether (sulfide) groups is 1. The minimum Gasteiger partial charge on any atom is -0.361 e. The van der Waals surface area contributed by atoms with Gasteiger partial charge in [0.15, 0.2) is 0 Å². The van der Waals surface area contributed by atoms with Crippen molar-refractivity contribution < 1.29 is 9.32 Å². The van der Waals surface area contributed by atoms with Gasteiger partial charge in [0, 0.05) is 28.7 Å². The maximum atomic E-state index is 12.5. The van der Waals surface area contributed by atoms with Crippen LogP contribution in [0, 0.1) is 6.92 Å². The SMILES string of the molecule is Cc1cc(CSc2ncccc2C(=O)Nc2ccc(Cl)cc2)no1. The van der Waals surface area contributed by atoms with Crippen molar-refractivity contribution in [3.05, 3.63) is 70.7 Å². The van der Waals surface area contributed by atoms with Gasteiger partial charge in [-0.25, -0.2) is 4.98 Å². The van der Waals surface area contributed by atoms with E-state index in [1.807, 2.05) is 13.0 Å². The molecule has 0 spiro atoms. The number of aryl methyl sites for hydroxylation is 1. The summed E-state index contributed by atoms with van der Waals surface area (Å²) in [6.07, 6.45) is 1.66. The number of rotatable bonds is 5. The van der Waals surface area contributed by atoms with E-state index in [1.54, 1.807) is 42.6 Å². The second-order valence-electron chi connectivity index (χ2n) is 5.03. The van der Waals surface area contributed by atoms with Crippen LogP contribution in [0.15, 0.2) is 58.2 Å². The van der Waals surface area contributed by atoms with Gasteiger partial charge in [-0.05, 0) is 43.3 Å². The molecule has 0 fully saturated rings. The number of nitrogens with zero attached hydrogens (tertiary/aromatic N) is 2. The fraction of sp³-hybridized carbons (Fsp3) is 0.118. The van der Waals surface area contributed by atoms with Crippen LogP contribution >= 0.6 is 23.4 Å². The molecule has 2 heterocycles. The molecule has 0 bridgehead atoms. The molecule has 0 saturated carbocycles. The summed E-state index contributed by atoms with van der Waals surface area (Å²) in [6, 6.07) is 12.3. The first kappa shape index (κ1) is 16.5. The molecule has 5 nitrogen and oxygen atoms in total. The van der Waals surface area contributed by atoms with Gasteiger partial charge in [0.25, 0.3) is 5.91 Å². The van der Waals surface area contributed by atoms with Gasteiger partial charge in [-0.3, -0.25) is 4.79 Å². The molecule has 3 rings (SSSR count). The summed E-state index contributed by atoms with van der Waals surface area (Å²) in [4.78, 5) is 16.8. The van der Waals surface area contributed by atoms with Crippen LogP contribution in [0.2, 0.25) is 5.02 Å². The zero-order valence-electron chi connectivity index (χ0n) is 12.8. The Hall–Kier alpha value is -2.31. The zero-order chi connectivity index (χ0) is 16.9. The largest absolute Gasteiger partial charge is 0.361 e. The summed E-state index contributed by atoms with van der Waals surface area (Å²) in [6.45, 7) is 1.84. The Morgan fingerprint density at radius 1 is 1.29 bits per heavy atom. The van der Waals surface area contributed by atoms with Crippen LogP contribution in [0.5, 0.6) is 0 Å². The molecule has 1 aromatic carbocycles. The maximum absolute atomic E-state index is 12.5. The number of carbonyl (C=O) groups is 1. The Kier molecular flexibility index (Phi) is 5.17. The summed E-state index contributed by atoms with van der Waals surface area (Å²) >= 11 is 7.29.